The van der Waals surface area contributed by atoms with Crippen LogP contribution in [0.3, 0.4) is 0 Å². The van der Waals surface area contributed by atoms with Gasteiger partial charge in [-0.15, -0.1) is 0 Å². The van der Waals surface area contributed by atoms with Gasteiger partial charge in [0, 0.05) is 25.5 Å². The van der Waals surface area contributed by atoms with Gasteiger partial charge in [0.15, 0.2) is 0 Å². The van der Waals surface area contributed by atoms with E-state index < -0.39 is 0 Å². The Kier molecular flexibility index (Phi) is 3.07. The second kappa shape index (κ2) is 4.49. The van der Waals surface area contributed by atoms with Gasteiger partial charge in [-0.3, -0.25) is 0 Å². The Labute approximate surface area is 85.5 Å². The van der Waals surface area contributed by atoms with E-state index in [2.05, 4.69) is 28.0 Å². The van der Waals surface area contributed by atoms with Gasteiger partial charge in [0.25, 0.3) is 0 Å². The maximum atomic E-state index is 4.30. The minimum absolute atomic E-state index is 0.997. The first kappa shape index (κ1) is 9.56. The van der Waals surface area contributed by atoms with E-state index in [1.807, 2.05) is 6.20 Å². The quantitative estimate of drug-likeness (QED) is 0.752. The molecule has 1 aromatic heterocycles. The van der Waals surface area contributed by atoms with Gasteiger partial charge in [0.05, 0.1) is 0 Å². The topological polar surface area (TPSA) is 29.9 Å². The van der Waals surface area contributed by atoms with Gasteiger partial charge >= 0.3 is 0 Å². The van der Waals surface area contributed by atoms with Crippen molar-refractivity contribution in [2.75, 3.05) is 11.9 Å². The van der Waals surface area contributed by atoms with Crippen molar-refractivity contribution in [1.82, 2.24) is 9.55 Å². The Morgan fingerprint density at radius 3 is 3.14 bits per heavy atom. The van der Waals surface area contributed by atoms with E-state index in [1.54, 1.807) is 0 Å². The van der Waals surface area contributed by atoms with Crippen LogP contribution >= 0.6 is 0 Å². The fourth-order valence-corrected chi connectivity index (χ4v) is 1.62. The van der Waals surface area contributed by atoms with Crippen molar-refractivity contribution in [2.45, 2.75) is 39.2 Å². The summed E-state index contributed by atoms with van der Waals surface area (Å²) < 4.78 is 2.23. The molecule has 0 radical (unpaired) electrons. The predicted octanol–water partition coefficient (Wildman–Crippen LogP) is 2.51. The molecule has 1 aliphatic carbocycles. The molecule has 0 aliphatic heterocycles. The van der Waals surface area contributed by atoms with E-state index in [9.17, 15) is 0 Å². The van der Waals surface area contributed by atoms with E-state index in [4.69, 9.17) is 0 Å². The molecule has 0 atom stereocenters. The number of aryl methyl sites for hydroxylation is 1. The first-order chi connectivity index (χ1) is 6.90. The summed E-state index contributed by atoms with van der Waals surface area (Å²) in [6, 6.07) is 0. The number of aromatic nitrogens is 2. The zero-order chi connectivity index (χ0) is 9.80. The third-order valence-electron chi connectivity index (χ3n) is 2.72. The molecule has 78 valence electrons. The summed E-state index contributed by atoms with van der Waals surface area (Å²) in [6.07, 6.45) is 9.29. The SMILES string of the molecule is CCCNc1nccn1CCC1CC1. The Hall–Kier alpha value is -0.990. The first-order valence-electron chi connectivity index (χ1n) is 5.65. The number of anilines is 1. The van der Waals surface area contributed by atoms with Crippen LogP contribution in [0.25, 0.3) is 0 Å². The molecule has 1 fully saturated rings. The molecule has 3 heteroatoms. The second-order valence-corrected chi connectivity index (χ2v) is 4.10. The fourth-order valence-electron chi connectivity index (χ4n) is 1.62. The lowest BCUT2D eigenvalue weighted by Gasteiger charge is -2.08. The molecule has 1 N–H and O–H groups in total. The number of nitrogens with one attached hydrogen (secondary N) is 1. The predicted molar refractivity (Wildman–Crippen MR) is 58.3 cm³/mol. The molecular weight excluding hydrogens is 174 g/mol. The van der Waals surface area contributed by atoms with Gasteiger partial charge < -0.3 is 9.88 Å². The first-order valence-corrected chi connectivity index (χ1v) is 5.65. The molecule has 0 amide bonds. The van der Waals surface area contributed by atoms with Crippen molar-refractivity contribution in [3.8, 4) is 0 Å². The van der Waals surface area contributed by atoms with E-state index in [1.165, 1.54) is 19.3 Å². The summed E-state index contributed by atoms with van der Waals surface area (Å²) in [6.45, 7) is 4.31. The van der Waals surface area contributed by atoms with Crippen LogP contribution in [0.1, 0.15) is 32.6 Å². The summed E-state index contributed by atoms with van der Waals surface area (Å²) in [5.74, 6) is 2.03. The van der Waals surface area contributed by atoms with Gasteiger partial charge in [0.1, 0.15) is 0 Å². The van der Waals surface area contributed by atoms with Gasteiger partial charge in [-0.05, 0) is 18.8 Å². The van der Waals surface area contributed by atoms with Crippen molar-refractivity contribution in [3.63, 3.8) is 0 Å². The summed E-state index contributed by atoms with van der Waals surface area (Å²) in [5, 5.41) is 3.34. The van der Waals surface area contributed by atoms with Crippen LogP contribution in [0, 0.1) is 5.92 Å². The van der Waals surface area contributed by atoms with Crippen molar-refractivity contribution in [1.29, 1.82) is 0 Å². The van der Waals surface area contributed by atoms with Crippen LogP contribution in [-0.2, 0) is 6.54 Å². The summed E-state index contributed by atoms with van der Waals surface area (Å²) in [4.78, 5) is 4.30. The van der Waals surface area contributed by atoms with Gasteiger partial charge in [-0.25, -0.2) is 4.98 Å². The standard InChI is InChI=1S/C11H19N3/c1-2-6-12-11-13-7-9-14(11)8-5-10-3-4-10/h7,9-10H,2-6,8H2,1H3,(H,12,13). The maximum Gasteiger partial charge on any atom is 0.202 e. The Morgan fingerprint density at radius 2 is 2.43 bits per heavy atom. The third-order valence-corrected chi connectivity index (χ3v) is 2.72. The highest BCUT2D eigenvalue weighted by Crippen LogP contribution is 2.32. The smallest absolute Gasteiger partial charge is 0.202 e. The summed E-state index contributed by atoms with van der Waals surface area (Å²) >= 11 is 0. The van der Waals surface area contributed by atoms with Crippen LogP contribution in [-0.4, -0.2) is 16.1 Å². The number of nitrogens with zero attached hydrogens (tertiary/aromatic N) is 2. The highest BCUT2D eigenvalue weighted by molar-refractivity contribution is 5.25. The molecular formula is C11H19N3. The van der Waals surface area contributed by atoms with Crippen LogP contribution < -0.4 is 5.32 Å². The van der Waals surface area contributed by atoms with Crippen molar-refractivity contribution < 1.29 is 0 Å². The zero-order valence-corrected chi connectivity index (χ0v) is 8.87. The highest BCUT2D eigenvalue weighted by atomic mass is 15.2. The average Bonchev–Trinajstić information content (AvgIpc) is 2.92. The molecule has 1 aromatic rings. The van der Waals surface area contributed by atoms with Crippen LogP contribution in [0.15, 0.2) is 12.4 Å². The van der Waals surface area contributed by atoms with Crippen molar-refractivity contribution in [2.24, 2.45) is 5.92 Å². The molecule has 0 bridgehead atoms. The van der Waals surface area contributed by atoms with Crippen LogP contribution in [0.4, 0.5) is 5.95 Å². The zero-order valence-electron chi connectivity index (χ0n) is 8.87. The van der Waals surface area contributed by atoms with Gasteiger partial charge in [-0.1, -0.05) is 19.8 Å². The number of imidazole rings is 1. The minimum atomic E-state index is 0.997. The third kappa shape index (κ3) is 2.50. The van der Waals surface area contributed by atoms with E-state index in [0.29, 0.717) is 0 Å². The molecule has 1 saturated carbocycles. The molecule has 0 spiro atoms. The molecule has 1 aliphatic rings. The average molecular weight is 193 g/mol. The summed E-state index contributed by atoms with van der Waals surface area (Å²) in [5.41, 5.74) is 0. The molecule has 3 nitrogen and oxygen atoms in total. The molecule has 1 heterocycles. The van der Waals surface area contributed by atoms with Gasteiger partial charge in [0.2, 0.25) is 5.95 Å². The maximum absolute atomic E-state index is 4.30. The lowest BCUT2D eigenvalue weighted by molar-refractivity contribution is 0.599. The Bertz CT molecular complexity index is 276. The Morgan fingerprint density at radius 1 is 1.57 bits per heavy atom. The molecule has 2 rings (SSSR count). The molecule has 14 heavy (non-hydrogen) atoms. The van der Waals surface area contributed by atoms with Gasteiger partial charge in [-0.2, -0.15) is 0 Å². The highest BCUT2D eigenvalue weighted by Gasteiger charge is 2.20. The normalized spacial score (nSPS) is 15.8. The molecule has 0 unspecified atom stereocenters. The molecule has 0 saturated heterocycles. The number of hydrogen-bond donors (Lipinski definition) is 1. The summed E-state index contributed by atoms with van der Waals surface area (Å²) in [7, 11) is 0. The van der Waals surface area contributed by atoms with E-state index in [-0.39, 0.29) is 0 Å². The van der Waals surface area contributed by atoms with E-state index in [0.717, 1.165) is 31.4 Å². The van der Waals surface area contributed by atoms with E-state index >= 15 is 0 Å². The largest absolute Gasteiger partial charge is 0.356 e. The minimum Gasteiger partial charge on any atom is -0.356 e. The lowest BCUT2D eigenvalue weighted by Crippen LogP contribution is -2.08. The number of rotatable bonds is 6. The number of hydrogen-bond acceptors (Lipinski definition) is 2. The van der Waals surface area contributed by atoms with Crippen LogP contribution in [0.2, 0.25) is 0 Å². The Balaban J connectivity index is 1.83. The molecule has 0 aromatic carbocycles. The van der Waals surface area contributed by atoms with Crippen molar-refractivity contribution in [3.05, 3.63) is 12.4 Å². The second-order valence-electron chi connectivity index (χ2n) is 4.10. The fraction of sp³-hybridized carbons (Fsp3) is 0.727. The van der Waals surface area contributed by atoms with Crippen molar-refractivity contribution >= 4 is 5.95 Å². The lowest BCUT2D eigenvalue weighted by atomic mass is 10.3. The monoisotopic (exact) mass is 193 g/mol. The van der Waals surface area contributed by atoms with Crippen LogP contribution in [0.5, 0.6) is 0 Å².